The van der Waals surface area contributed by atoms with Gasteiger partial charge in [0.2, 0.25) is 0 Å². The topological polar surface area (TPSA) is 85.5 Å². The number of anilines is 1. The molecule has 2 aliphatic rings. The number of hydrogen-bond donors (Lipinski definition) is 2. The lowest BCUT2D eigenvalue weighted by Gasteiger charge is -2.36. The van der Waals surface area contributed by atoms with Gasteiger partial charge in [-0.25, -0.2) is 14.1 Å². The first-order valence-electron chi connectivity index (χ1n) is 13.8. The lowest BCUT2D eigenvalue weighted by Crippen LogP contribution is -2.44. The van der Waals surface area contributed by atoms with E-state index >= 15 is 0 Å². The van der Waals surface area contributed by atoms with E-state index in [1.165, 1.54) is 17.0 Å². The number of carbonyl (C=O) groups is 3. The third kappa shape index (κ3) is 4.23. The highest BCUT2D eigenvalue weighted by molar-refractivity contribution is 6.22. The van der Waals surface area contributed by atoms with Crippen LogP contribution in [0.4, 0.5) is 14.9 Å². The molecule has 1 saturated heterocycles. The number of benzene rings is 4. The fourth-order valence-corrected chi connectivity index (χ4v) is 6.06. The minimum Gasteiger partial charge on any atom is -0.356 e. The Labute approximate surface area is 241 Å². The van der Waals surface area contributed by atoms with Crippen LogP contribution in [0.5, 0.6) is 0 Å². The number of imide groups is 1. The van der Waals surface area contributed by atoms with Crippen LogP contribution < -0.4 is 10.2 Å². The van der Waals surface area contributed by atoms with Crippen LogP contribution in [-0.2, 0) is 17.8 Å². The number of carbonyl (C=O) groups excluding carboxylic acids is 3. The predicted octanol–water partition coefficient (Wildman–Crippen LogP) is 6.03. The molecule has 2 atom stereocenters. The fraction of sp³-hybridized carbons (Fsp3) is 0.147. The maximum absolute atomic E-state index is 14.0. The van der Waals surface area contributed by atoms with Gasteiger partial charge in [0.05, 0.1) is 5.69 Å². The van der Waals surface area contributed by atoms with Gasteiger partial charge in [-0.05, 0) is 66.1 Å². The summed E-state index contributed by atoms with van der Waals surface area (Å²) >= 11 is 0. The Balaban J connectivity index is 1.19. The summed E-state index contributed by atoms with van der Waals surface area (Å²) < 4.78 is 13.2. The van der Waals surface area contributed by atoms with Gasteiger partial charge in [0.25, 0.3) is 11.8 Å². The molecule has 0 bridgehead atoms. The van der Waals surface area contributed by atoms with Crippen LogP contribution in [0.15, 0.2) is 97.1 Å². The molecular formula is C34H27FN4O3. The largest absolute Gasteiger partial charge is 0.356 e. The molecule has 0 saturated carbocycles. The summed E-state index contributed by atoms with van der Waals surface area (Å²) in [5.74, 6) is -0.941. The quantitative estimate of drug-likeness (QED) is 0.259. The molecule has 5 aromatic rings. The van der Waals surface area contributed by atoms with Crippen molar-refractivity contribution in [2.45, 2.75) is 32.0 Å². The van der Waals surface area contributed by atoms with Crippen molar-refractivity contribution in [3.05, 3.63) is 136 Å². The van der Waals surface area contributed by atoms with Crippen LogP contribution in [0.3, 0.4) is 0 Å². The number of para-hydroxylation sites is 1. The first kappa shape index (κ1) is 25.7. The molecule has 208 valence electrons. The van der Waals surface area contributed by atoms with E-state index in [1.807, 2.05) is 55.5 Å². The van der Waals surface area contributed by atoms with Gasteiger partial charge in [0, 0.05) is 35.1 Å². The van der Waals surface area contributed by atoms with Gasteiger partial charge in [-0.15, -0.1) is 0 Å². The van der Waals surface area contributed by atoms with Gasteiger partial charge >= 0.3 is 6.03 Å². The summed E-state index contributed by atoms with van der Waals surface area (Å²) in [5, 5.41) is 3.87. The van der Waals surface area contributed by atoms with E-state index in [1.54, 1.807) is 41.3 Å². The highest BCUT2D eigenvalue weighted by Crippen LogP contribution is 2.44. The Morgan fingerprint density at radius 1 is 0.929 bits per heavy atom. The Morgan fingerprint density at radius 2 is 1.64 bits per heavy atom. The van der Waals surface area contributed by atoms with E-state index in [4.69, 9.17) is 0 Å². The van der Waals surface area contributed by atoms with Crippen LogP contribution in [0.2, 0.25) is 0 Å². The number of fused-ring (bicyclic) bond motifs is 4. The number of amides is 4. The van der Waals surface area contributed by atoms with Crippen molar-refractivity contribution in [1.29, 1.82) is 0 Å². The zero-order valence-electron chi connectivity index (χ0n) is 22.8. The summed E-state index contributed by atoms with van der Waals surface area (Å²) in [4.78, 5) is 47.1. The molecule has 7 rings (SSSR count). The number of halogens is 1. The number of aryl methyl sites for hydroxylation is 1. The Bertz CT molecular complexity index is 1850. The highest BCUT2D eigenvalue weighted by atomic mass is 19.1. The van der Waals surface area contributed by atoms with Crippen LogP contribution in [-0.4, -0.2) is 33.8 Å². The standard InChI is InChI=1S/C34H27FN4O3/c1-20-6-10-22(11-7-20)31-30-27(26-4-2-3-5-28(26)37-30)18-29-33(41)38(34(42)39(29)31)25-16-12-23(13-17-25)32(40)36-19-21-8-14-24(35)15-9-21/h2-17,29,31,37H,18-19H2,1H3,(H,36,40)/t29-,31?/m0/s1. The minimum atomic E-state index is -0.658. The van der Waals surface area contributed by atoms with Crippen molar-refractivity contribution in [2.75, 3.05) is 4.90 Å². The average Bonchev–Trinajstić information content (AvgIpc) is 3.50. The molecule has 0 radical (unpaired) electrons. The molecule has 0 aliphatic carbocycles. The molecule has 2 aliphatic heterocycles. The molecule has 2 N–H and O–H groups in total. The second-order valence-corrected chi connectivity index (χ2v) is 10.8. The summed E-state index contributed by atoms with van der Waals surface area (Å²) in [6.07, 6.45) is 0.409. The number of hydrogen-bond acceptors (Lipinski definition) is 3. The van der Waals surface area contributed by atoms with Crippen LogP contribution >= 0.6 is 0 Å². The fourth-order valence-electron chi connectivity index (χ4n) is 6.06. The molecule has 42 heavy (non-hydrogen) atoms. The van der Waals surface area contributed by atoms with Gasteiger partial charge in [0.15, 0.2) is 0 Å². The van der Waals surface area contributed by atoms with E-state index in [-0.39, 0.29) is 24.2 Å². The third-order valence-corrected chi connectivity index (χ3v) is 8.20. The van der Waals surface area contributed by atoms with Crippen LogP contribution in [0.25, 0.3) is 10.9 Å². The maximum atomic E-state index is 14.0. The van der Waals surface area contributed by atoms with Crippen molar-refractivity contribution < 1.29 is 18.8 Å². The number of aromatic nitrogens is 1. The summed E-state index contributed by atoms with van der Waals surface area (Å²) in [5.41, 5.74) is 6.55. The molecular weight excluding hydrogens is 531 g/mol. The normalized spacial score (nSPS) is 17.9. The van der Waals surface area contributed by atoms with E-state index < -0.39 is 18.1 Å². The van der Waals surface area contributed by atoms with E-state index in [0.29, 0.717) is 17.7 Å². The highest BCUT2D eigenvalue weighted by Gasteiger charge is 2.53. The van der Waals surface area contributed by atoms with Crippen molar-refractivity contribution in [3.63, 3.8) is 0 Å². The third-order valence-electron chi connectivity index (χ3n) is 8.20. The van der Waals surface area contributed by atoms with E-state index in [9.17, 15) is 18.8 Å². The summed E-state index contributed by atoms with van der Waals surface area (Å²) in [7, 11) is 0. The number of urea groups is 1. The lowest BCUT2D eigenvalue weighted by molar-refractivity contribution is -0.120. The van der Waals surface area contributed by atoms with Gasteiger partial charge in [0.1, 0.15) is 17.9 Å². The summed E-state index contributed by atoms with van der Waals surface area (Å²) in [6.45, 7) is 2.26. The molecule has 4 amide bonds. The molecule has 3 heterocycles. The Kier molecular flexibility index (Phi) is 6.12. The zero-order chi connectivity index (χ0) is 29.0. The number of rotatable bonds is 5. The molecule has 7 nitrogen and oxygen atoms in total. The van der Waals surface area contributed by atoms with Gasteiger partial charge < -0.3 is 10.3 Å². The first-order chi connectivity index (χ1) is 20.4. The van der Waals surface area contributed by atoms with Crippen molar-refractivity contribution in [2.24, 2.45) is 0 Å². The second-order valence-electron chi connectivity index (χ2n) is 10.8. The van der Waals surface area contributed by atoms with Gasteiger partial charge in [-0.1, -0.05) is 60.2 Å². The number of H-pyrrole nitrogens is 1. The Morgan fingerprint density at radius 3 is 2.38 bits per heavy atom. The van der Waals surface area contributed by atoms with Crippen LogP contribution in [0, 0.1) is 12.7 Å². The molecule has 1 aromatic heterocycles. The monoisotopic (exact) mass is 558 g/mol. The van der Waals surface area contributed by atoms with Crippen molar-refractivity contribution in [3.8, 4) is 0 Å². The molecule has 0 spiro atoms. The second kappa shape index (κ2) is 9.99. The first-order valence-corrected chi connectivity index (χ1v) is 13.8. The molecule has 1 unspecified atom stereocenters. The number of aromatic amines is 1. The van der Waals surface area contributed by atoms with Crippen molar-refractivity contribution in [1.82, 2.24) is 15.2 Å². The maximum Gasteiger partial charge on any atom is 0.332 e. The SMILES string of the molecule is Cc1ccc(C2c3[nH]c4ccccc4c3C[C@H]3C(=O)N(c4ccc(C(=O)NCc5ccc(F)cc5)cc4)C(=O)N23)cc1. The molecule has 4 aromatic carbocycles. The Hall–Kier alpha value is -5.24. The van der Waals surface area contributed by atoms with Crippen LogP contribution in [0.1, 0.15) is 44.3 Å². The number of nitrogens with one attached hydrogen (secondary N) is 2. The van der Waals surface area contributed by atoms with Gasteiger partial charge in [-0.2, -0.15) is 0 Å². The smallest absolute Gasteiger partial charge is 0.332 e. The zero-order valence-corrected chi connectivity index (χ0v) is 22.8. The number of nitrogens with zero attached hydrogens (tertiary/aromatic N) is 2. The van der Waals surface area contributed by atoms with Crippen molar-refractivity contribution >= 4 is 34.4 Å². The van der Waals surface area contributed by atoms with Gasteiger partial charge in [-0.3, -0.25) is 14.5 Å². The lowest BCUT2D eigenvalue weighted by atomic mass is 9.88. The average molecular weight is 559 g/mol. The van der Waals surface area contributed by atoms with E-state index in [0.717, 1.165) is 38.9 Å². The molecule has 1 fully saturated rings. The minimum absolute atomic E-state index is 0.246. The van der Waals surface area contributed by atoms with E-state index in [2.05, 4.69) is 10.3 Å². The summed E-state index contributed by atoms with van der Waals surface area (Å²) in [6, 6.07) is 26.9. The molecule has 8 heteroatoms. The predicted molar refractivity (Wildman–Crippen MR) is 158 cm³/mol.